The van der Waals surface area contributed by atoms with E-state index in [0.717, 1.165) is 23.1 Å². The molecule has 1 heterocycles. The quantitative estimate of drug-likeness (QED) is 0.707. The smallest absolute Gasteiger partial charge is 0.0782 e. The van der Waals surface area contributed by atoms with Crippen molar-refractivity contribution in [1.29, 1.82) is 0 Å². The van der Waals surface area contributed by atoms with Gasteiger partial charge in [-0.1, -0.05) is 24.8 Å². The molecule has 0 saturated carbocycles. The van der Waals surface area contributed by atoms with Crippen LogP contribution in [0, 0.1) is 0 Å². The molecule has 1 aromatic carbocycles. The topological polar surface area (TPSA) is 37.3 Å². The lowest BCUT2D eigenvalue weighted by atomic mass is 10.1. The Balaban J connectivity index is 0.000000461. The summed E-state index contributed by atoms with van der Waals surface area (Å²) in [6, 6.07) is 7.64. The highest BCUT2D eigenvalue weighted by atomic mass is 32.2. The van der Waals surface area contributed by atoms with Gasteiger partial charge < -0.3 is 5.11 Å². The minimum Gasteiger partial charge on any atom is -0.400 e. The first-order chi connectivity index (χ1) is 6.79. The summed E-state index contributed by atoms with van der Waals surface area (Å²) in [6.45, 7) is 3.87. The van der Waals surface area contributed by atoms with Gasteiger partial charge in [-0.2, -0.15) is 0 Å². The summed E-state index contributed by atoms with van der Waals surface area (Å²) in [7, 11) is 0.0228. The van der Waals surface area contributed by atoms with Crippen molar-refractivity contribution in [3.05, 3.63) is 47.9 Å². The zero-order chi connectivity index (χ0) is 10.6. The molecule has 0 radical (unpaired) electrons. The molecule has 0 saturated heterocycles. The van der Waals surface area contributed by atoms with Crippen molar-refractivity contribution in [2.75, 3.05) is 7.11 Å². The minimum atomic E-state index is -0.977. The molecule has 1 aliphatic heterocycles. The second kappa shape index (κ2) is 4.88. The van der Waals surface area contributed by atoms with Gasteiger partial charge in [-0.05, 0) is 23.3 Å². The molecule has 1 N–H and O–H groups in total. The molecule has 1 aliphatic rings. The third-order valence-corrected chi connectivity index (χ3v) is 3.02. The maximum Gasteiger partial charge on any atom is 0.0782 e. The molecule has 14 heavy (non-hydrogen) atoms. The van der Waals surface area contributed by atoms with Crippen LogP contribution in [-0.2, 0) is 10.8 Å². The third kappa shape index (κ3) is 2.00. The number of rotatable bonds is 0. The number of benzene rings is 1. The maximum absolute atomic E-state index is 11.4. The molecule has 0 bridgehead atoms. The SMILES string of the molecule is C=C1C=CS(=O)c2ccccc21.CO. The van der Waals surface area contributed by atoms with Crippen LogP contribution in [-0.4, -0.2) is 16.4 Å². The fourth-order valence-corrected chi connectivity index (χ4v) is 2.28. The largest absolute Gasteiger partial charge is 0.400 e. The van der Waals surface area contributed by atoms with Gasteiger partial charge in [0.15, 0.2) is 0 Å². The lowest BCUT2D eigenvalue weighted by Crippen LogP contribution is -1.97. The predicted octanol–water partition coefficient (Wildman–Crippen LogP) is 1.94. The first kappa shape index (κ1) is 10.9. The molecule has 3 heteroatoms. The standard InChI is InChI=1S/C10H8OS.CH4O/c1-8-6-7-12(11)10-5-3-2-4-9(8)10;1-2/h2-7H,1H2;2H,1H3. The number of hydrogen-bond donors (Lipinski definition) is 1. The monoisotopic (exact) mass is 208 g/mol. The molecule has 1 aromatic rings. The fourth-order valence-electron chi connectivity index (χ4n) is 1.21. The van der Waals surface area contributed by atoms with E-state index < -0.39 is 10.8 Å². The van der Waals surface area contributed by atoms with Gasteiger partial charge in [0.1, 0.15) is 0 Å². The van der Waals surface area contributed by atoms with Crippen LogP contribution in [0.3, 0.4) is 0 Å². The zero-order valence-electron chi connectivity index (χ0n) is 7.93. The van der Waals surface area contributed by atoms with E-state index in [4.69, 9.17) is 5.11 Å². The van der Waals surface area contributed by atoms with Gasteiger partial charge in [-0.3, -0.25) is 0 Å². The van der Waals surface area contributed by atoms with Crippen molar-refractivity contribution in [2.24, 2.45) is 0 Å². The Hall–Kier alpha value is -1.19. The number of aliphatic hydroxyl groups excluding tert-OH is 1. The summed E-state index contributed by atoms with van der Waals surface area (Å²) in [6.07, 6.45) is 1.80. The van der Waals surface area contributed by atoms with E-state index in [1.807, 2.05) is 24.3 Å². The van der Waals surface area contributed by atoms with Gasteiger partial charge in [0.25, 0.3) is 0 Å². The summed E-state index contributed by atoms with van der Waals surface area (Å²) in [5, 5.41) is 8.67. The van der Waals surface area contributed by atoms with Crippen LogP contribution in [0.1, 0.15) is 5.56 Å². The summed E-state index contributed by atoms with van der Waals surface area (Å²) in [4.78, 5) is 0.866. The molecule has 0 fully saturated rings. The normalized spacial score (nSPS) is 18.1. The molecule has 0 aromatic heterocycles. The molecule has 0 spiro atoms. The van der Waals surface area contributed by atoms with Crippen molar-refractivity contribution >= 4 is 16.4 Å². The van der Waals surface area contributed by atoms with Crippen LogP contribution < -0.4 is 0 Å². The second-order valence-electron chi connectivity index (χ2n) is 2.62. The van der Waals surface area contributed by atoms with E-state index >= 15 is 0 Å². The molecule has 1 unspecified atom stereocenters. The maximum atomic E-state index is 11.4. The van der Waals surface area contributed by atoms with Crippen LogP contribution in [0.4, 0.5) is 0 Å². The molecule has 1 atom stereocenters. The van der Waals surface area contributed by atoms with Crippen molar-refractivity contribution in [3.8, 4) is 0 Å². The highest BCUT2D eigenvalue weighted by Gasteiger charge is 2.11. The van der Waals surface area contributed by atoms with Gasteiger partial charge in [0, 0.05) is 12.5 Å². The Morgan fingerprint density at radius 2 is 1.93 bits per heavy atom. The van der Waals surface area contributed by atoms with Crippen molar-refractivity contribution < 1.29 is 9.32 Å². The van der Waals surface area contributed by atoms with Crippen molar-refractivity contribution in [3.63, 3.8) is 0 Å². The van der Waals surface area contributed by atoms with Gasteiger partial charge in [0.05, 0.1) is 15.7 Å². The van der Waals surface area contributed by atoms with Crippen LogP contribution >= 0.6 is 0 Å². The zero-order valence-corrected chi connectivity index (χ0v) is 8.75. The number of hydrogen-bond acceptors (Lipinski definition) is 2. The molecule has 0 amide bonds. The van der Waals surface area contributed by atoms with Crippen LogP contribution in [0.2, 0.25) is 0 Å². The highest BCUT2D eigenvalue weighted by Crippen LogP contribution is 2.26. The lowest BCUT2D eigenvalue weighted by molar-refractivity contribution is 0.399. The Kier molecular flexibility index (Phi) is 3.80. The fraction of sp³-hybridized carbons (Fsp3) is 0.0909. The predicted molar refractivity (Wildman–Crippen MR) is 59.2 cm³/mol. The second-order valence-corrected chi connectivity index (χ2v) is 3.93. The summed E-state index contributed by atoms with van der Waals surface area (Å²) < 4.78 is 11.4. The third-order valence-electron chi connectivity index (χ3n) is 1.84. The molecule has 2 nitrogen and oxygen atoms in total. The van der Waals surface area contributed by atoms with Crippen molar-refractivity contribution in [2.45, 2.75) is 4.90 Å². The highest BCUT2D eigenvalue weighted by molar-refractivity contribution is 7.88. The Morgan fingerprint density at radius 1 is 1.29 bits per heavy atom. The van der Waals surface area contributed by atoms with Gasteiger partial charge >= 0.3 is 0 Å². The minimum absolute atomic E-state index is 0.866. The number of allylic oxidation sites excluding steroid dienone is 2. The van der Waals surface area contributed by atoms with E-state index in [1.54, 1.807) is 11.5 Å². The average molecular weight is 208 g/mol. The first-order valence-electron chi connectivity index (χ1n) is 4.11. The Morgan fingerprint density at radius 3 is 2.57 bits per heavy atom. The molecular formula is C11H12O2S. The number of fused-ring (bicyclic) bond motifs is 1. The first-order valence-corrected chi connectivity index (χ1v) is 5.32. The van der Waals surface area contributed by atoms with Gasteiger partial charge in [0.2, 0.25) is 0 Å². The summed E-state index contributed by atoms with van der Waals surface area (Å²) in [5.41, 5.74) is 1.93. The molecule has 74 valence electrons. The van der Waals surface area contributed by atoms with Gasteiger partial charge in [-0.25, -0.2) is 4.21 Å². The summed E-state index contributed by atoms with van der Waals surface area (Å²) in [5.74, 6) is 0. The van der Waals surface area contributed by atoms with E-state index in [1.165, 1.54) is 0 Å². The van der Waals surface area contributed by atoms with Crippen molar-refractivity contribution in [1.82, 2.24) is 0 Å². The van der Waals surface area contributed by atoms with E-state index in [-0.39, 0.29) is 0 Å². The van der Waals surface area contributed by atoms with Crippen LogP contribution in [0.25, 0.3) is 5.57 Å². The van der Waals surface area contributed by atoms with Crippen LogP contribution in [0.5, 0.6) is 0 Å². The number of aliphatic hydroxyl groups is 1. The molecule has 2 rings (SSSR count). The Labute approximate surface area is 86.0 Å². The molecular weight excluding hydrogens is 196 g/mol. The van der Waals surface area contributed by atoms with E-state index in [0.29, 0.717) is 0 Å². The lowest BCUT2D eigenvalue weighted by Gasteiger charge is -2.10. The molecule has 0 aliphatic carbocycles. The Bertz CT molecular complexity index is 357. The van der Waals surface area contributed by atoms with Gasteiger partial charge in [-0.15, -0.1) is 0 Å². The average Bonchev–Trinajstić information content (AvgIpc) is 2.27. The van der Waals surface area contributed by atoms with Crippen LogP contribution in [0.15, 0.2) is 47.2 Å². The van der Waals surface area contributed by atoms with E-state index in [2.05, 4.69) is 6.58 Å². The van der Waals surface area contributed by atoms with E-state index in [9.17, 15) is 4.21 Å². The summed E-state index contributed by atoms with van der Waals surface area (Å²) >= 11 is 0.